The lowest BCUT2D eigenvalue weighted by Gasteiger charge is -2.20. The van der Waals surface area contributed by atoms with Crippen LogP contribution >= 0.6 is 0 Å². The number of nitrogens with zero attached hydrogens (tertiary/aromatic N) is 1. The van der Waals surface area contributed by atoms with E-state index in [1.54, 1.807) is 62.6 Å². The number of carbonyl (C=O) groups is 3. The first-order valence-electron chi connectivity index (χ1n) is 7.91. The van der Waals surface area contributed by atoms with E-state index in [1.807, 2.05) is 0 Å². The molecule has 0 spiro atoms. The van der Waals surface area contributed by atoms with Crippen LogP contribution in [0.4, 0.5) is 4.79 Å². The van der Waals surface area contributed by atoms with Gasteiger partial charge in [0.05, 0.1) is 0 Å². The van der Waals surface area contributed by atoms with Crippen molar-refractivity contribution in [2.24, 2.45) is 0 Å². The fourth-order valence-corrected chi connectivity index (χ4v) is 2.34. The second-order valence-electron chi connectivity index (χ2n) is 5.87. The van der Waals surface area contributed by atoms with Crippen LogP contribution in [-0.4, -0.2) is 48.4 Å². The number of carbonyl (C=O) groups excluding carboxylic acids is 2. The molecule has 0 bridgehead atoms. The third kappa shape index (κ3) is 5.34. The van der Waals surface area contributed by atoms with Gasteiger partial charge in [0, 0.05) is 26.1 Å². The Bertz CT molecular complexity index is 770. The molecule has 26 heavy (non-hydrogen) atoms. The second-order valence-corrected chi connectivity index (χ2v) is 5.87. The summed E-state index contributed by atoms with van der Waals surface area (Å²) in [4.78, 5) is 35.0. The van der Waals surface area contributed by atoms with E-state index in [2.05, 4.69) is 5.32 Å². The van der Waals surface area contributed by atoms with Crippen LogP contribution in [0.25, 0.3) is 0 Å². The molecule has 2 amide bonds. The van der Waals surface area contributed by atoms with Crippen molar-refractivity contribution in [1.29, 1.82) is 0 Å². The number of benzene rings is 2. The number of rotatable bonds is 7. The third-order valence-corrected chi connectivity index (χ3v) is 3.65. The lowest BCUT2D eigenvalue weighted by molar-refractivity contribution is -0.130. The predicted octanol–water partition coefficient (Wildman–Crippen LogP) is 2.56. The summed E-state index contributed by atoms with van der Waals surface area (Å²) in [5.74, 6) is 0.869. The lowest BCUT2D eigenvalue weighted by atomic mass is 10.0. The van der Waals surface area contributed by atoms with E-state index in [4.69, 9.17) is 9.84 Å². The Morgan fingerprint density at radius 1 is 1.08 bits per heavy atom. The Morgan fingerprint density at radius 3 is 2.08 bits per heavy atom. The average Bonchev–Trinajstić information content (AvgIpc) is 2.62. The standard InChI is InChI=1S/C19H20N2O5/c1-21(2)18(23)17(20-19(24)25)11-13-3-7-15(8-4-13)26-16-9-5-14(12-22)6-10-16/h3-10,12,17,20H,11H2,1-2H3,(H,24,25). The van der Waals surface area contributed by atoms with Crippen molar-refractivity contribution in [3.63, 3.8) is 0 Å². The summed E-state index contributed by atoms with van der Waals surface area (Å²) in [6.07, 6.45) is -0.254. The normalized spacial score (nSPS) is 11.3. The average molecular weight is 356 g/mol. The maximum atomic E-state index is 12.1. The van der Waals surface area contributed by atoms with Gasteiger partial charge in [0.15, 0.2) is 0 Å². The van der Waals surface area contributed by atoms with Crippen molar-refractivity contribution >= 4 is 18.3 Å². The number of hydrogen-bond donors (Lipinski definition) is 2. The molecule has 1 atom stereocenters. The maximum Gasteiger partial charge on any atom is 0.405 e. The molecule has 0 aromatic heterocycles. The highest BCUT2D eigenvalue weighted by molar-refractivity contribution is 5.85. The van der Waals surface area contributed by atoms with E-state index in [-0.39, 0.29) is 12.3 Å². The zero-order valence-electron chi connectivity index (χ0n) is 14.5. The van der Waals surface area contributed by atoms with Gasteiger partial charge in [-0.3, -0.25) is 9.59 Å². The lowest BCUT2D eigenvalue weighted by Crippen LogP contribution is -2.47. The van der Waals surface area contributed by atoms with Gasteiger partial charge in [0.25, 0.3) is 0 Å². The van der Waals surface area contributed by atoms with Crippen molar-refractivity contribution in [2.45, 2.75) is 12.5 Å². The molecule has 0 aliphatic carbocycles. The number of nitrogens with one attached hydrogen (secondary N) is 1. The van der Waals surface area contributed by atoms with Crippen LogP contribution in [0.15, 0.2) is 48.5 Å². The minimum absolute atomic E-state index is 0.234. The highest BCUT2D eigenvalue weighted by Crippen LogP contribution is 2.22. The molecular weight excluding hydrogens is 336 g/mol. The predicted molar refractivity (Wildman–Crippen MR) is 95.7 cm³/mol. The Kier molecular flexibility index (Phi) is 6.32. The van der Waals surface area contributed by atoms with Crippen molar-refractivity contribution in [3.8, 4) is 11.5 Å². The molecule has 0 heterocycles. The Balaban J connectivity index is 2.05. The molecule has 0 saturated heterocycles. The zero-order chi connectivity index (χ0) is 19.1. The van der Waals surface area contributed by atoms with Crippen LogP contribution in [0.2, 0.25) is 0 Å². The number of likely N-dealkylation sites (N-methyl/N-ethyl adjacent to an activating group) is 1. The number of amides is 2. The summed E-state index contributed by atoms with van der Waals surface area (Å²) in [6, 6.07) is 12.9. The van der Waals surface area contributed by atoms with Gasteiger partial charge in [-0.1, -0.05) is 12.1 Å². The molecule has 0 radical (unpaired) electrons. The summed E-state index contributed by atoms with van der Waals surface area (Å²) in [5.41, 5.74) is 1.36. The molecule has 7 heteroatoms. The van der Waals surface area contributed by atoms with E-state index in [0.29, 0.717) is 17.1 Å². The van der Waals surface area contributed by atoms with Gasteiger partial charge >= 0.3 is 6.09 Å². The van der Waals surface area contributed by atoms with Crippen molar-refractivity contribution in [1.82, 2.24) is 10.2 Å². The first kappa shape index (κ1) is 19.0. The number of ether oxygens (including phenoxy) is 1. The van der Waals surface area contributed by atoms with Crippen LogP contribution in [0, 0.1) is 0 Å². The first-order chi connectivity index (χ1) is 12.4. The third-order valence-electron chi connectivity index (χ3n) is 3.65. The minimum atomic E-state index is -1.25. The van der Waals surface area contributed by atoms with E-state index in [0.717, 1.165) is 11.8 Å². The zero-order valence-corrected chi connectivity index (χ0v) is 14.5. The molecule has 7 nitrogen and oxygen atoms in total. The Labute approximate surface area is 151 Å². The van der Waals surface area contributed by atoms with Crippen LogP contribution in [0.5, 0.6) is 11.5 Å². The summed E-state index contributed by atoms with van der Waals surface area (Å²) in [5, 5.41) is 11.2. The number of carboxylic acid groups (broad SMARTS) is 1. The second kappa shape index (κ2) is 8.66. The van der Waals surface area contributed by atoms with Crippen LogP contribution in [-0.2, 0) is 11.2 Å². The molecule has 2 rings (SSSR count). The van der Waals surface area contributed by atoms with Gasteiger partial charge in [0.1, 0.15) is 23.8 Å². The summed E-state index contributed by atoms with van der Waals surface area (Å²) >= 11 is 0. The van der Waals surface area contributed by atoms with Gasteiger partial charge in [0.2, 0.25) is 5.91 Å². The number of hydrogen-bond acceptors (Lipinski definition) is 4. The highest BCUT2D eigenvalue weighted by atomic mass is 16.5. The SMILES string of the molecule is CN(C)C(=O)C(Cc1ccc(Oc2ccc(C=O)cc2)cc1)NC(=O)O. The molecular formula is C19H20N2O5. The molecule has 0 aliphatic heterocycles. The molecule has 0 aliphatic rings. The molecule has 0 saturated carbocycles. The monoisotopic (exact) mass is 356 g/mol. The largest absolute Gasteiger partial charge is 0.465 e. The fourth-order valence-electron chi connectivity index (χ4n) is 2.34. The van der Waals surface area contributed by atoms with Gasteiger partial charge in [-0.05, 0) is 42.0 Å². The van der Waals surface area contributed by atoms with Crippen molar-refractivity contribution < 1.29 is 24.2 Å². The van der Waals surface area contributed by atoms with Gasteiger partial charge in [-0.15, -0.1) is 0 Å². The smallest absolute Gasteiger partial charge is 0.405 e. The summed E-state index contributed by atoms with van der Waals surface area (Å²) in [6.45, 7) is 0. The molecule has 2 aromatic carbocycles. The first-order valence-corrected chi connectivity index (χ1v) is 7.91. The molecule has 2 aromatic rings. The van der Waals surface area contributed by atoms with E-state index in [1.165, 1.54) is 4.90 Å². The highest BCUT2D eigenvalue weighted by Gasteiger charge is 2.22. The minimum Gasteiger partial charge on any atom is -0.465 e. The quantitative estimate of drug-likeness (QED) is 0.743. The molecule has 136 valence electrons. The van der Waals surface area contributed by atoms with Gasteiger partial charge < -0.3 is 20.1 Å². The summed E-state index contributed by atoms with van der Waals surface area (Å²) in [7, 11) is 3.15. The van der Waals surface area contributed by atoms with Crippen LogP contribution in [0.3, 0.4) is 0 Å². The Morgan fingerprint density at radius 2 is 1.62 bits per heavy atom. The topological polar surface area (TPSA) is 95.9 Å². The molecule has 2 N–H and O–H groups in total. The maximum absolute atomic E-state index is 12.1. The molecule has 0 fully saturated rings. The summed E-state index contributed by atoms with van der Waals surface area (Å²) < 4.78 is 5.69. The van der Waals surface area contributed by atoms with Crippen LogP contribution < -0.4 is 10.1 Å². The van der Waals surface area contributed by atoms with Gasteiger partial charge in [-0.2, -0.15) is 0 Å². The van der Waals surface area contributed by atoms with E-state index < -0.39 is 12.1 Å². The Hall–Kier alpha value is -3.35. The van der Waals surface area contributed by atoms with Crippen molar-refractivity contribution in [2.75, 3.05) is 14.1 Å². The van der Waals surface area contributed by atoms with Gasteiger partial charge in [-0.25, -0.2) is 4.79 Å². The molecule has 1 unspecified atom stereocenters. The van der Waals surface area contributed by atoms with E-state index >= 15 is 0 Å². The van der Waals surface area contributed by atoms with Crippen LogP contribution in [0.1, 0.15) is 15.9 Å². The number of aldehydes is 1. The fraction of sp³-hybridized carbons (Fsp3) is 0.211. The van der Waals surface area contributed by atoms with E-state index in [9.17, 15) is 14.4 Å². The van der Waals surface area contributed by atoms with Crippen molar-refractivity contribution in [3.05, 3.63) is 59.7 Å².